The number of hydrogen-bond donors (Lipinski definition) is 2. The number of methoxy groups -OCH3 is 3. The van der Waals surface area contributed by atoms with Crippen molar-refractivity contribution in [2.75, 3.05) is 26.2 Å². The van der Waals surface area contributed by atoms with Crippen molar-refractivity contribution in [2.45, 2.75) is 57.3 Å². The summed E-state index contributed by atoms with van der Waals surface area (Å²) in [7, 11) is 4.81. The van der Waals surface area contributed by atoms with Crippen LogP contribution in [0, 0.1) is 6.92 Å². The van der Waals surface area contributed by atoms with E-state index in [1.54, 1.807) is 33.6 Å². The predicted octanol–water partition coefficient (Wildman–Crippen LogP) is 4.28. The van der Waals surface area contributed by atoms with E-state index in [2.05, 4.69) is 20.5 Å². The van der Waals surface area contributed by atoms with Crippen LogP contribution in [0.4, 0.5) is 5.82 Å². The summed E-state index contributed by atoms with van der Waals surface area (Å²) < 4.78 is 16.0. The first-order valence-electron chi connectivity index (χ1n) is 13.6. The standard InChI is InChI=1S/C31H36N4O5/c1-19-27(6-5-7-28(19)40-4)31(37)34-22-14-23-9-10-24(15-22)35(23)29-11-8-21(18-32-29)30(36)33-17-20-12-25(38-2)16-26(13-20)39-3/h5-8,11-13,16,18,22-24H,9-10,14-15,17H2,1-4H3,(H,33,36)(H,34,37). The molecule has 2 atom stereocenters. The Labute approximate surface area is 234 Å². The van der Waals surface area contributed by atoms with Gasteiger partial charge >= 0.3 is 0 Å². The van der Waals surface area contributed by atoms with Crippen molar-refractivity contribution >= 4 is 17.6 Å². The normalized spacial score (nSPS) is 19.6. The third kappa shape index (κ3) is 5.68. The Hall–Kier alpha value is -4.27. The topological polar surface area (TPSA) is 102 Å². The molecule has 2 fully saturated rings. The van der Waals surface area contributed by atoms with Gasteiger partial charge in [0.25, 0.3) is 11.8 Å². The summed E-state index contributed by atoms with van der Waals surface area (Å²) in [5.41, 5.74) is 2.87. The second-order valence-corrected chi connectivity index (χ2v) is 10.4. The lowest BCUT2D eigenvalue weighted by molar-refractivity contribution is 0.0923. The van der Waals surface area contributed by atoms with Crippen LogP contribution in [0.15, 0.2) is 54.7 Å². The lowest BCUT2D eigenvalue weighted by Crippen LogP contribution is -2.50. The van der Waals surface area contributed by atoms with Gasteiger partial charge in [0.1, 0.15) is 23.1 Å². The van der Waals surface area contributed by atoms with Crippen LogP contribution in [0.5, 0.6) is 17.2 Å². The average Bonchev–Trinajstić information content (AvgIpc) is 3.25. The summed E-state index contributed by atoms with van der Waals surface area (Å²) in [5, 5.41) is 6.20. The van der Waals surface area contributed by atoms with Crippen LogP contribution in [0.2, 0.25) is 0 Å². The lowest BCUT2D eigenvalue weighted by Gasteiger charge is -2.40. The maximum Gasteiger partial charge on any atom is 0.253 e. The fourth-order valence-corrected chi connectivity index (χ4v) is 5.94. The molecule has 2 aliphatic rings. The smallest absolute Gasteiger partial charge is 0.253 e. The van der Waals surface area contributed by atoms with Gasteiger partial charge in [-0.15, -0.1) is 0 Å². The zero-order chi connectivity index (χ0) is 28.2. The molecule has 9 heteroatoms. The van der Waals surface area contributed by atoms with Crippen LogP contribution in [0.3, 0.4) is 0 Å². The van der Waals surface area contributed by atoms with Crippen molar-refractivity contribution in [2.24, 2.45) is 0 Å². The highest BCUT2D eigenvalue weighted by molar-refractivity contribution is 5.96. The van der Waals surface area contributed by atoms with Gasteiger partial charge in [-0.05, 0) is 74.6 Å². The van der Waals surface area contributed by atoms with E-state index in [0.717, 1.165) is 42.6 Å². The van der Waals surface area contributed by atoms with Crippen LogP contribution in [0.25, 0.3) is 0 Å². The highest BCUT2D eigenvalue weighted by Crippen LogP contribution is 2.38. The maximum atomic E-state index is 13.1. The molecule has 5 rings (SSSR count). The van der Waals surface area contributed by atoms with Gasteiger partial charge in [-0.25, -0.2) is 4.98 Å². The molecular weight excluding hydrogens is 508 g/mol. The number of carbonyl (C=O) groups is 2. The number of carbonyl (C=O) groups excluding carboxylic acids is 2. The zero-order valence-electron chi connectivity index (χ0n) is 23.4. The van der Waals surface area contributed by atoms with E-state index in [9.17, 15) is 9.59 Å². The summed E-state index contributed by atoms with van der Waals surface area (Å²) in [5.74, 6) is 2.67. The quantitative estimate of drug-likeness (QED) is 0.415. The monoisotopic (exact) mass is 544 g/mol. The van der Waals surface area contributed by atoms with Gasteiger partial charge < -0.3 is 29.7 Å². The molecule has 40 heavy (non-hydrogen) atoms. The number of aromatic nitrogens is 1. The second kappa shape index (κ2) is 11.9. The van der Waals surface area contributed by atoms with Gasteiger partial charge in [0.05, 0.1) is 26.9 Å². The molecule has 2 amide bonds. The van der Waals surface area contributed by atoms with Crippen LogP contribution in [-0.4, -0.2) is 56.3 Å². The summed E-state index contributed by atoms with van der Waals surface area (Å²) in [6.45, 7) is 2.25. The number of anilines is 1. The minimum Gasteiger partial charge on any atom is -0.497 e. The van der Waals surface area contributed by atoms with Crippen molar-refractivity contribution in [3.8, 4) is 17.2 Å². The minimum absolute atomic E-state index is 0.0601. The van der Waals surface area contributed by atoms with E-state index in [1.165, 1.54) is 0 Å². The number of fused-ring (bicyclic) bond motifs is 2. The highest BCUT2D eigenvalue weighted by atomic mass is 16.5. The van der Waals surface area contributed by atoms with Gasteiger partial charge in [0, 0.05) is 48.1 Å². The molecule has 2 aliphatic heterocycles. The molecule has 0 spiro atoms. The van der Waals surface area contributed by atoms with Crippen molar-refractivity contribution in [1.82, 2.24) is 15.6 Å². The first-order chi connectivity index (χ1) is 19.4. The van der Waals surface area contributed by atoms with Crippen LogP contribution in [-0.2, 0) is 6.54 Å². The van der Waals surface area contributed by atoms with E-state index in [-0.39, 0.29) is 17.9 Å². The van der Waals surface area contributed by atoms with Crippen molar-refractivity contribution < 1.29 is 23.8 Å². The Morgan fingerprint density at radius 2 is 1.62 bits per heavy atom. The fourth-order valence-electron chi connectivity index (χ4n) is 5.94. The first kappa shape index (κ1) is 27.3. The molecule has 2 saturated heterocycles. The largest absolute Gasteiger partial charge is 0.497 e. The third-order valence-electron chi connectivity index (χ3n) is 7.96. The number of benzene rings is 2. The van der Waals surface area contributed by atoms with Crippen LogP contribution >= 0.6 is 0 Å². The van der Waals surface area contributed by atoms with E-state index in [1.807, 2.05) is 49.4 Å². The molecular formula is C31H36N4O5. The number of nitrogens with one attached hydrogen (secondary N) is 2. The number of rotatable bonds is 9. The Balaban J connectivity index is 1.19. The average molecular weight is 545 g/mol. The maximum absolute atomic E-state index is 13.1. The molecule has 0 radical (unpaired) electrons. The number of hydrogen-bond acceptors (Lipinski definition) is 7. The van der Waals surface area contributed by atoms with Crippen molar-refractivity contribution in [3.63, 3.8) is 0 Å². The molecule has 2 unspecified atom stereocenters. The Bertz CT molecular complexity index is 1340. The van der Waals surface area contributed by atoms with Gasteiger partial charge in [-0.1, -0.05) is 6.07 Å². The number of pyridine rings is 1. The Morgan fingerprint density at radius 3 is 2.23 bits per heavy atom. The zero-order valence-corrected chi connectivity index (χ0v) is 23.4. The highest BCUT2D eigenvalue weighted by Gasteiger charge is 2.42. The van der Waals surface area contributed by atoms with Crippen LogP contribution in [0.1, 0.15) is 57.5 Å². The first-order valence-corrected chi connectivity index (χ1v) is 13.6. The number of nitrogens with zero attached hydrogens (tertiary/aromatic N) is 2. The third-order valence-corrected chi connectivity index (χ3v) is 7.96. The predicted molar refractivity (Wildman–Crippen MR) is 152 cm³/mol. The van der Waals surface area contributed by atoms with Gasteiger partial charge in [-0.3, -0.25) is 9.59 Å². The molecule has 3 aromatic rings. The molecule has 210 valence electrons. The van der Waals surface area contributed by atoms with E-state index in [0.29, 0.717) is 47.0 Å². The lowest BCUT2D eigenvalue weighted by atomic mass is 9.96. The van der Waals surface area contributed by atoms with E-state index >= 15 is 0 Å². The Morgan fingerprint density at radius 1 is 0.925 bits per heavy atom. The molecule has 3 heterocycles. The molecule has 0 saturated carbocycles. The summed E-state index contributed by atoms with van der Waals surface area (Å²) in [6, 6.07) is 15.5. The number of piperidine rings is 1. The molecule has 9 nitrogen and oxygen atoms in total. The van der Waals surface area contributed by atoms with Gasteiger partial charge in [0.2, 0.25) is 0 Å². The minimum atomic E-state index is -0.196. The molecule has 2 N–H and O–H groups in total. The van der Waals surface area contributed by atoms with E-state index < -0.39 is 0 Å². The van der Waals surface area contributed by atoms with Crippen molar-refractivity contribution in [3.05, 3.63) is 77.0 Å². The Kier molecular flexibility index (Phi) is 8.09. The molecule has 2 aromatic carbocycles. The molecule has 0 aliphatic carbocycles. The SMILES string of the molecule is COc1cc(CNC(=O)c2ccc(N3C4CCC3CC(NC(=O)c3cccc(OC)c3C)C4)nc2)cc(OC)c1. The second-order valence-electron chi connectivity index (χ2n) is 10.4. The van der Waals surface area contributed by atoms with Gasteiger partial charge in [-0.2, -0.15) is 0 Å². The van der Waals surface area contributed by atoms with Gasteiger partial charge in [0.15, 0.2) is 0 Å². The number of amides is 2. The van der Waals surface area contributed by atoms with E-state index in [4.69, 9.17) is 14.2 Å². The summed E-state index contributed by atoms with van der Waals surface area (Å²) in [4.78, 5) is 32.9. The fraction of sp³-hybridized carbons (Fsp3) is 0.387. The van der Waals surface area contributed by atoms with Crippen molar-refractivity contribution in [1.29, 1.82) is 0 Å². The molecule has 1 aromatic heterocycles. The van der Waals surface area contributed by atoms with Crippen LogP contribution < -0.4 is 29.7 Å². The number of ether oxygens (including phenoxy) is 3. The summed E-state index contributed by atoms with van der Waals surface area (Å²) >= 11 is 0. The summed E-state index contributed by atoms with van der Waals surface area (Å²) in [6.07, 6.45) is 5.47. The molecule has 2 bridgehead atoms.